The van der Waals surface area contributed by atoms with Crippen LogP contribution in [0.1, 0.15) is 31.7 Å². The van der Waals surface area contributed by atoms with Crippen LogP contribution < -0.4 is 0 Å². The highest BCUT2D eigenvalue weighted by atomic mass is 16.6. The van der Waals surface area contributed by atoms with Crippen LogP contribution in [-0.4, -0.2) is 35.0 Å². The number of rotatable bonds is 4. The van der Waals surface area contributed by atoms with Crippen molar-refractivity contribution in [3.63, 3.8) is 0 Å². The molecule has 2 aromatic rings. The lowest BCUT2D eigenvalue weighted by Crippen LogP contribution is -2.33. The van der Waals surface area contributed by atoms with Crippen LogP contribution in [0.5, 0.6) is 0 Å². The van der Waals surface area contributed by atoms with E-state index in [0.717, 1.165) is 16.5 Å². The average molecular weight is 300 g/mol. The number of benzene rings is 1. The van der Waals surface area contributed by atoms with Crippen molar-refractivity contribution < 1.29 is 14.3 Å². The first-order valence-corrected chi connectivity index (χ1v) is 7.61. The molecule has 2 amide bonds. The fourth-order valence-electron chi connectivity index (χ4n) is 3.02. The smallest absolute Gasteiger partial charge is 0.416 e. The quantitative estimate of drug-likeness (QED) is 0.942. The van der Waals surface area contributed by atoms with Gasteiger partial charge in [0.25, 0.3) is 0 Å². The number of nitrogens with one attached hydrogen (secondary N) is 1. The lowest BCUT2D eigenvalue weighted by atomic mass is 9.85. The maximum absolute atomic E-state index is 12.4. The van der Waals surface area contributed by atoms with Gasteiger partial charge in [-0.3, -0.25) is 4.79 Å². The maximum Gasteiger partial charge on any atom is 0.416 e. The van der Waals surface area contributed by atoms with Gasteiger partial charge in [-0.15, -0.1) is 0 Å². The van der Waals surface area contributed by atoms with Gasteiger partial charge in [-0.25, -0.2) is 9.69 Å². The molecule has 3 rings (SSSR count). The van der Waals surface area contributed by atoms with Crippen LogP contribution in [0.15, 0.2) is 30.5 Å². The molecule has 0 spiro atoms. The molecule has 1 aliphatic heterocycles. The van der Waals surface area contributed by atoms with E-state index in [0.29, 0.717) is 25.5 Å². The van der Waals surface area contributed by atoms with Crippen LogP contribution in [0, 0.1) is 5.92 Å². The van der Waals surface area contributed by atoms with E-state index in [9.17, 15) is 9.59 Å². The zero-order chi connectivity index (χ0) is 15.7. The van der Waals surface area contributed by atoms with E-state index >= 15 is 0 Å². The van der Waals surface area contributed by atoms with Crippen molar-refractivity contribution in [3.05, 3.63) is 36.0 Å². The Morgan fingerprint density at radius 3 is 2.82 bits per heavy atom. The molecule has 5 heteroatoms. The van der Waals surface area contributed by atoms with Crippen LogP contribution >= 0.6 is 0 Å². The van der Waals surface area contributed by atoms with Crippen molar-refractivity contribution >= 4 is 22.9 Å². The van der Waals surface area contributed by atoms with E-state index in [-0.39, 0.29) is 11.8 Å². The monoisotopic (exact) mass is 300 g/mol. The van der Waals surface area contributed by atoms with E-state index < -0.39 is 6.09 Å². The molecule has 1 aromatic heterocycles. The van der Waals surface area contributed by atoms with E-state index in [4.69, 9.17) is 4.74 Å². The topological polar surface area (TPSA) is 62.4 Å². The predicted molar refractivity (Wildman–Crippen MR) is 83.6 cm³/mol. The largest absolute Gasteiger partial charge is 0.447 e. The molecule has 2 heterocycles. The first-order valence-electron chi connectivity index (χ1n) is 7.61. The number of cyclic esters (lactones) is 1. The van der Waals surface area contributed by atoms with Gasteiger partial charge in [0.15, 0.2) is 0 Å². The zero-order valence-electron chi connectivity index (χ0n) is 12.8. The number of aromatic amines is 1. The number of para-hydroxylation sites is 1. The van der Waals surface area contributed by atoms with Gasteiger partial charge in [0.2, 0.25) is 5.91 Å². The lowest BCUT2D eigenvalue weighted by molar-refractivity contribution is -0.128. The third-order valence-corrected chi connectivity index (χ3v) is 4.28. The minimum absolute atomic E-state index is 0.0667. The highest BCUT2D eigenvalue weighted by Gasteiger charge is 2.31. The van der Waals surface area contributed by atoms with E-state index in [1.54, 1.807) is 0 Å². The normalized spacial score (nSPS) is 16.3. The third kappa shape index (κ3) is 2.58. The van der Waals surface area contributed by atoms with E-state index in [2.05, 4.69) is 24.9 Å². The highest BCUT2D eigenvalue weighted by Crippen LogP contribution is 2.34. The van der Waals surface area contributed by atoms with Crippen molar-refractivity contribution in [3.8, 4) is 0 Å². The molecule has 116 valence electrons. The van der Waals surface area contributed by atoms with Gasteiger partial charge in [0.05, 0.1) is 6.54 Å². The molecule has 1 aliphatic rings. The Bertz CT molecular complexity index is 705. The summed E-state index contributed by atoms with van der Waals surface area (Å²) in [5, 5.41) is 1.14. The van der Waals surface area contributed by atoms with Gasteiger partial charge in [-0.05, 0) is 23.5 Å². The first kappa shape index (κ1) is 14.6. The number of ether oxygens (including phenoxy) is 1. The van der Waals surface area contributed by atoms with Gasteiger partial charge in [0, 0.05) is 23.5 Å². The fourth-order valence-corrected chi connectivity index (χ4v) is 3.02. The summed E-state index contributed by atoms with van der Waals surface area (Å²) < 4.78 is 4.85. The van der Waals surface area contributed by atoms with Crippen LogP contribution in [0.25, 0.3) is 10.9 Å². The molecule has 0 aliphatic carbocycles. The van der Waals surface area contributed by atoms with Crippen molar-refractivity contribution in [1.82, 2.24) is 9.88 Å². The van der Waals surface area contributed by atoms with Crippen molar-refractivity contribution in [1.29, 1.82) is 0 Å². The number of nitrogens with zero attached hydrogens (tertiary/aromatic N) is 1. The van der Waals surface area contributed by atoms with Gasteiger partial charge >= 0.3 is 6.09 Å². The van der Waals surface area contributed by atoms with Crippen LogP contribution in [0.2, 0.25) is 0 Å². The molecule has 5 nitrogen and oxygen atoms in total. The van der Waals surface area contributed by atoms with Crippen molar-refractivity contribution in [2.75, 3.05) is 13.2 Å². The molecule has 1 aromatic carbocycles. The summed E-state index contributed by atoms with van der Waals surface area (Å²) in [6.07, 6.45) is 1.77. The number of aromatic nitrogens is 1. The van der Waals surface area contributed by atoms with Crippen LogP contribution in [0.4, 0.5) is 4.79 Å². The minimum atomic E-state index is -0.522. The number of carbonyl (C=O) groups is 2. The summed E-state index contributed by atoms with van der Waals surface area (Å²) in [5.74, 6) is 0.199. The number of fused-ring (bicyclic) bond motifs is 1. The van der Waals surface area contributed by atoms with E-state index in [1.807, 2.05) is 24.4 Å². The summed E-state index contributed by atoms with van der Waals surface area (Å²) in [7, 11) is 0. The second kappa shape index (κ2) is 5.83. The highest BCUT2D eigenvalue weighted by molar-refractivity contribution is 5.94. The Hall–Kier alpha value is -2.30. The van der Waals surface area contributed by atoms with Gasteiger partial charge < -0.3 is 9.72 Å². The van der Waals surface area contributed by atoms with Gasteiger partial charge in [0.1, 0.15) is 6.61 Å². The Balaban J connectivity index is 1.87. The molecule has 1 N–H and O–H groups in total. The average Bonchev–Trinajstić information content (AvgIpc) is 3.10. The Morgan fingerprint density at radius 2 is 2.14 bits per heavy atom. The second-order valence-electron chi connectivity index (χ2n) is 6.00. The number of imide groups is 1. The maximum atomic E-state index is 12.4. The fraction of sp³-hybridized carbons (Fsp3) is 0.412. The molecule has 1 unspecified atom stereocenters. The zero-order valence-corrected chi connectivity index (χ0v) is 12.8. The lowest BCUT2D eigenvalue weighted by Gasteiger charge is -2.22. The van der Waals surface area contributed by atoms with Gasteiger partial charge in [-0.2, -0.15) is 0 Å². The summed E-state index contributed by atoms with van der Waals surface area (Å²) in [6.45, 7) is 4.85. The molecule has 22 heavy (non-hydrogen) atoms. The minimum Gasteiger partial charge on any atom is -0.447 e. The standard InChI is InChI=1S/C17H20N2O3/c1-11(2)13(9-16(20)19-7-8-22-17(19)21)14-10-18-15-6-4-3-5-12(14)15/h3-6,10-11,13,18H,7-9H2,1-2H3. The molecule has 0 saturated carbocycles. The predicted octanol–water partition coefficient (Wildman–Crippen LogP) is 3.28. The van der Waals surface area contributed by atoms with Crippen molar-refractivity contribution in [2.45, 2.75) is 26.2 Å². The molecule has 1 fully saturated rings. The molecule has 1 saturated heterocycles. The Labute approximate surface area is 129 Å². The summed E-state index contributed by atoms with van der Waals surface area (Å²) >= 11 is 0. The second-order valence-corrected chi connectivity index (χ2v) is 6.00. The van der Waals surface area contributed by atoms with Crippen molar-refractivity contribution in [2.24, 2.45) is 5.92 Å². The number of amides is 2. The number of carbonyl (C=O) groups excluding carboxylic acids is 2. The Morgan fingerprint density at radius 1 is 1.36 bits per heavy atom. The molecular formula is C17H20N2O3. The third-order valence-electron chi connectivity index (χ3n) is 4.28. The first-order chi connectivity index (χ1) is 10.6. The molecule has 0 bridgehead atoms. The van der Waals surface area contributed by atoms with Gasteiger partial charge in [-0.1, -0.05) is 32.0 Å². The molecule has 1 atom stereocenters. The number of H-pyrrole nitrogens is 1. The summed E-state index contributed by atoms with van der Waals surface area (Å²) in [6, 6.07) is 8.07. The Kier molecular flexibility index (Phi) is 3.88. The van der Waals surface area contributed by atoms with E-state index in [1.165, 1.54) is 4.90 Å². The molecular weight excluding hydrogens is 280 g/mol. The van der Waals surface area contributed by atoms with Crippen LogP contribution in [-0.2, 0) is 9.53 Å². The van der Waals surface area contributed by atoms with Crippen LogP contribution in [0.3, 0.4) is 0 Å². The summed E-state index contributed by atoms with van der Waals surface area (Å²) in [5.41, 5.74) is 2.20. The molecule has 0 radical (unpaired) electrons. The SMILES string of the molecule is CC(C)C(CC(=O)N1CCOC1=O)c1c[nH]c2ccccc12. The summed E-state index contributed by atoms with van der Waals surface area (Å²) in [4.78, 5) is 28.4. The number of hydrogen-bond acceptors (Lipinski definition) is 3. The number of hydrogen-bond donors (Lipinski definition) is 1.